The van der Waals surface area contributed by atoms with Gasteiger partial charge < -0.3 is 5.32 Å². The fourth-order valence-corrected chi connectivity index (χ4v) is 2.87. The summed E-state index contributed by atoms with van der Waals surface area (Å²) in [4.78, 5) is 0. The first-order chi connectivity index (χ1) is 6.47. The molecule has 1 heterocycles. The molecular weight excluding hydrogens is 222 g/mol. The van der Waals surface area contributed by atoms with Crippen LogP contribution < -0.4 is 5.32 Å². The Balaban J connectivity index is 2.32. The fraction of sp³-hybridized carbons (Fsp3) is 0.778. The van der Waals surface area contributed by atoms with Gasteiger partial charge in [-0.1, -0.05) is 12.2 Å². The van der Waals surface area contributed by atoms with Crippen molar-refractivity contribution in [1.82, 2.24) is 5.32 Å². The molecule has 0 aromatic heterocycles. The van der Waals surface area contributed by atoms with Crippen LogP contribution in [0, 0.1) is 5.92 Å². The van der Waals surface area contributed by atoms with E-state index in [2.05, 4.69) is 11.9 Å². The fourth-order valence-electron chi connectivity index (χ4n) is 1.80. The lowest BCUT2D eigenvalue weighted by molar-refractivity contribution is 0.372. The van der Waals surface area contributed by atoms with Gasteiger partial charge in [0, 0.05) is 10.7 Å². The Bertz CT molecular complexity index is 294. The van der Waals surface area contributed by atoms with E-state index in [0.717, 1.165) is 37.9 Å². The molecule has 1 saturated heterocycles. The highest BCUT2D eigenvalue weighted by Gasteiger charge is 2.16. The third kappa shape index (κ3) is 4.98. The van der Waals surface area contributed by atoms with Crippen LogP contribution in [0.5, 0.6) is 0 Å². The van der Waals surface area contributed by atoms with Gasteiger partial charge in [0.1, 0.15) is 0 Å². The molecule has 0 aliphatic carbocycles. The van der Waals surface area contributed by atoms with E-state index in [-0.39, 0.29) is 5.75 Å². The molecule has 5 heteroatoms. The number of hydrogen-bond donors (Lipinski definition) is 1. The molecule has 3 nitrogen and oxygen atoms in total. The zero-order valence-electron chi connectivity index (χ0n) is 8.13. The monoisotopic (exact) mass is 237 g/mol. The molecule has 0 bridgehead atoms. The Morgan fingerprint density at radius 2 is 2.00 bits per heavy atom. The van der Waals surface area contributed by atoms with Gasteiger partial charge in [-0.3, -0.25) is 0 Å². The molecule has 14 heavy (non-hydrogen) atoms. The quantitative estimate of drug-likeness (QED) is 0.596. The maximum atomic E-state index is 10.8. The van der Waals surface area contributed by atoms with Crippen molar-refractivity contribution in [3.8, 4) is 0 Å². The van der Waals surface area contributed by atoms with Gasteiger partial charge >= 0.3 is 0 Å². The SMILES string of the molecule is C=C(CC1CCNCC1)CS(=O)(=O)Cl. The van der Waals surface area contributed by atoms with Crippen LogP contribution in [-0.4, -0.2) is 27.3 Å². The summed E-state index contributed by atoms with van der Waals surface area (Å²) in [7, 11) is 1.73. The largest absolute Gasteiger partial charge is 0.317 e. The zero-order chi connectivity index (χ0) is 10.6. The zero-order valence-corrected chi connectivity index (χ0v) is 9.70. The molecule has 0 spiro atoms. The average molecular weight is 238 g/mol. The number of hydrogen-bond acceptors (Lipinski definition) is 3. The summed E-state index contributed by atoms with van der Waals surface area (Å²) >= 11 is 0. The lowest BCUT2D eigenvalue weighted by Crippen LogP contribution is -2.28. The second-order valence-corrected chi connectivity index (χ2v) is 6.61. The summed E-state index contributed by atoms with van der Waals surface area (Å²) in [5.74, 6) is 0.487. The molecule has 1 aliphatic rings. The third-order valence-corrected chi connectivity index (χ3v) is 3.49. The predicted octanol–water partition coefficient (Wildman–Crippen LogP) is 1.50. The number of nitrogens with one attached hydrogen (secondary N) is 1. The van der Waals surface area contributed by atoms with Crippen LogP contribution in [0.15, 0.2) is 12.2 Å². The van der Waals surface area contributed by atoms with Gasteiger partial charge in [-0.2, -0.15) is 0 Å². The van der Waals surface area contributed by atoms with Crippen LogP contribution in [0.2, 0.25) is 0 Å². The van der Waals surface area contributed by atoms with Crippen LogP contribution in [0.4, 0.5) is 0 Å². The smallest absolute Gasteiger partial charge is 0.236 e. The summed E-state index contributed by atoms with van der Waals surface area (Å²) in [5.41, 5.74) is 0.729. The van der Waals surface area contributed by atoms with Crippen molar-refractivity contribution in [2.24, 2.45) is 5.92 Å². The van der Waals surface area contributed by atoms with Gasteiger partial charge in [0.05, 0.1) is 5.75 Å². The van der Waals surface area contributed by atoms with Crippen molar-refractivity contribution in [2.45, 2.75) is 19.3 Å². The maximum absolute atomic E-state index is 10.8. The van der Waals surface area contributed by atoms with Gasteiger partial charge in [-0.25, -0.2) is 8.42 Å². The van der Waals surface area contributed by atoms with Crippen LogP contribution in [0.3, 0.4) is 0 Å². The van der Waals surface area contributed by atoms with Gasteiger partial charge in [0.2, 0.25) is 9.05 Å². The molecule has 0 atom stereocenters. The van der Waals surface area contributed by atoms with Gasteiger partial charge in [0.25, 0.3) is 0 Å². The van der Waals surface area contributed by atoms with Gasteiger partial charge in [-0.05, 0) is 38.3 Å². The first-order valence-electron chi connectivity index (χ1n) is 4.77. The minimum absolute atomic E-state index is 0.0848. The molecule has 0 saturated carbocycles. The van der Waals surface area contributed by atoms with Crippen molar-refractivity contribution in [1.29, 1.82) is 0 Å². The molecule has 1 rings (SSSR count). The van der Waals surface area contributed by atoms with E-state index in [0.29, 0.717) is 5.92 Å². The molecule has 1 N–H and O–H groups in total. The highest BCUT2D eigenvalue weighted by atomic mass is 35.7. The van der Waals surface area contributed by atoms with E-state index in [1.165, 1.54) is 0 Å². The summed E-state index contributed by atoms with van der Waals surface area (Å²) < 4.78 is 21.6. The number of halogens is 1. The summed E-state index contributed by atoms with van der Waals surface area (Å²) in [6.45, 7) is 5.79. The highest BCUT2D eigenvalue weighted by molar-refractivity contribution is 8.13. The molecular formula is C9H16ClNO2S. The minimum atomic E-state index is -3.42. The van der Waals surface area contributed by atoms with E-state index in [1.54, 1.807) is 0 Å². The van der Waals surface area contributed by atoms with Gasteiger partial charge in [-0.15, -0.1) is 0 Å². The first-order valence-corrected chi connectivity index (χ1v) is 7.25. The Morgan fingerprint density at radius 3 is 2.50 bits per heavy atom. The van der Waals surface area contributed by atoms with Crippen molar-refractivity contribution in [3.63, 3.8) is 0 Å². The molecule has 1 aliphatic heterocycles. The first kappa shape index (κ1) is 12.0. The second-order valence-electron chi connectivity index (χ2n) is 3.83. The molecule has 82 valence electrons. The summed E-state index contributed by atoms with van der Waals surface area (Å²) in [6.07, 6.45) is 2.98. The normalized spacial score (nSPS) is 19.5. The van der Waals surface area contributed by atoms with E-state index in [9.17, 15) is 8.42 Å². The summed E-state index contributed by atoms with van der Waals surface area (Å²) in [6, 6.07) is 0. The Hall–Kier alpha value is -0.0600. The van der Waals surface area contributed by atoms with Crippen LogP contribution >= 0.6 is 10.7 Å². The van der Waals surface area contributed by atoms with Gasteiger partial charge in [0.15, 0.2) is 0 Å². The van der Waals surface area contributed by atoms with Crippen molar-refractivity contribution in [3.05, 3.63) is 12.2 Å². The Kier molecular flexibility index (Phi) is 4.41. The van der Waals surface area contributed by atoms with Crippen LogP contribution in [0.25, 0.3) is 0 Å². The predicted molar refractivity (Wildman–Crippen MR) is 59.0 cm³/mol. The standard InChI is InChI=1S/C9H16ClNO2S/c1-8(7-14(10,12)13)6-9-2-4-11-5-3-9/h9,11H,1-7H2. The highest BCUT2D eigenvalue weighted by Crippen LogP contribution is 2.21. The molecule has 0 aromatic carbocycles. The second kappa shape index (κ2) is 5.14. The Labute approximate surface area is 89.9 Å². The lowest BCUT2D eigenvalue weighted by Gasteiger charge is -2.22. The van der Waals surface area contributed by atoms with Crippen molar-refractivity contribution in [2.75, 3.05) is 18.8 Å². The van der Waals surface area contributed by atoms with Crippen LogP contribution in [0.1, 0.15) is 19.3 Å². The molecule has 0 unspecified atom stereocenters. The third-order valence-electron chi connectivity index (χ3n) is 2.41. The molecule has 0 aromatic rings. The molecule has 0 radical (unpaired) electrons. The Morgan fingerprint density at radius 1 is 1.43 bits per heavy atom. The van der Waals surface area contributed by atoms with E-state index < -0.39 is 9.05 Å². The minimum Gasteiger partial charge on any atom is -0.317 e. The number of rotatable bonds is 4. The lowest BCUT2D eigenvalue weighted by atomic mass is 9.92. The number of piperidine rings is 1. The topological polar surface area (TPSA) is 46.2 Å². The van der Waals surface area contributed by atoms with Crippen molar-refractivity contribution >= 4 is 19.7 Å². The summed E-state index contributed by atoms with van der Waals surface area (Å²) in [5, 5.41) is 3.26. The van der Waals surface area contributed by atoms with Crippen LogP contribution in [-0.2, 0) is 9.05 Å². The molecule has 0 amide bonds. The maximum Gasteiger partial charge on any atom is 0.236 e. The average Bonchev–Trinajstić information content (AvgIpc) is 2.02. The van der Waals surface area contributed by atoms with E-state index in [1.807, 2.05) is 0 Å². The van der Waals surface area contributed by atoms with E-state index in [4.69, 9.17) is 10.7 Å². The molecule has 1 fully saturated rings. The van der Waals surface area contributed by atoms with Crippen molar-refractivity contribution < 1.29 is 8.42 Å². The van der Waals surface area contributed by atoms with E-state index >= 15 is 0 Å².